The lowest BCUT2D eigenvalue weighted by atomic mass is 9.96. The minimum absolute atomic E-state index is 0.0451. The molecule has 0 saturated carbocycles. The molecule has 0 N–H and O–H groups in total. The molecule has 2 heterocycles. The van der Waals surface area contributed by atoms with Gasteiger partial charge >= 0.3 is 0 Å². The zero-order valence-electron chi connectivity index (χ0n) is 21.6. The van der Waals surface area contributed by atoms with Crippen LogP contribution in [0.1, 0.15) is 88.2 Å². The molecule has 2 aliphatic rings. The number of aryl methyl sites for hydroxylation is 1. The van der Waals surface area contributed by atoms with Gasteiger partial charge in [-0.05, 0) is 68.2 Å². The molecule has 1 aromatic rings. The van der Waals surface area contributed by atoms with Gasteiger partial charge in [-0.15, -0.1) is 6.58 Å². The number of amides is 1. The van der Waals surface area contributed by atoms with Crippen LogP contribution in [0.15, 0.2) is 37.4 Å². The van der Waals surface area contributed by atoms with E-state index in [1.807, 2.05) is 11.0 Å². The maximum Gasteiger partial charge on any atom is 0.227 e. The van der Waals surface area contributed by atoms with Crippen LogP contribution in [0.4, 0.5) is 5.69 Å². The molecule has 0 aliphatic carbocycles. The normalized spacial score (nSPS) is 17.8. The molecule has 3 rings (SSSR count). The molecule has 0 aromatic heterocycles. The van der Waals surface area contributed by atoms with Crippen molar-refractivity contribution in [3.8, 4) is 5.75 Å². The summed E-state index contributed by atoms with van der Waals surface area (Å²) in [5.74, 6) is 1.12. The second kappa shape index (κ2) is 15.8. The first-order valence-electron chi connectivity index (χ1n) is 13.8. The molecule has 1 fully saturated rings. The number of carbonyl (C=O) groups is 1. The fraction of sp³-hybridized carbons (Fsp3) is 0.633. The smallest absolute Gasteiger partial charge is 0.227 e. The average Bonchev–Trinajstić information content (AvgIpc) is 2.88. The molecule has 5 heteroatoms. The summed E-state index contributed by atoms with van der Waals surface area (Å²) >= 11 is 0. The highest BCUT2D eigenvalue weighted by atomic mass is 16.7. The Labute approximate surface area is 212 Å². The Morgan fingerprint density at radius 2 is 1.74 bits per heavy atom. The van der Waals surface area contributed by atoms with E-state index in [9.17, 15) is 4.79 Å². The Morgan fingerprint density at radius 3 is 2.46 bits per heavy atom. The fourth-order valence-corrected chi connectivity index (χ4v) is 4.95. The van der Waals surface area contributed by atoms with E-state index >= 15 is 0 Å². The molecule has 35 heavy (non-hydrogen) atoms. The lowest BCUT2D eigenvalue weighted by Gasteiger charge is -2.31. The summed E-state index contributed by atoms with van der Waals surface area (Å²) in [7, 11) is 0. The third kappa shape index (κ3) is 9.12. The van der Waals surface area contributed by atoms with Gasteiger partial charge in [0, 0.05) is 31.9 Å². The van der Waals surface area contributed by atoms with Gasteiger partial charge in [0.15, 0.2) is 6.29 Å². The summed E-state index contributed by atoms with van der Waals surface area (Å²) in [5, 5.41) is 0. The van der Waals surface area contributed by atoms with Crippen molar-refractivity contribution >= 4 is 11.6 Å². The number of fused-ring (bicyclic) bond motifs is 1. The van der Waals surface area contributed by atoms with Crippen LogP contribution in [0.3, 0.4) is 0 Å². The predicted molar refractivity (Wildman–Crippen MR) is 143 cm³/mol. The molecule has 0 bridgehead atoms. The largest absolute Gasteiger partial charge is 0.489 e. The number of nitrogens with zero attached hydrogens (tertiary/aromatic N) is 1. The Bertz CT molecular complexity index is 800. The van der Waals surface area contributed by atoms with Crippen molar-refractivity contribution in [2.75, 3.05) is 31.3 Å². The van der Waals surface area contributed by atoms with Crippen molar-refractivity contribution < 1.29 is 19.0 Å². The number of hydrogen-bond donors (Lipinski definition) is 0. The predicted octanol–water partition coefficient (Wildman–Crippen LogP) is 6.92. The summed E-state index contributed by atoms with van der Waals surface area (Å²) in [6.07, 6.45) is 18.9. The number of rotatable bonds is 17. The summed E-state index contributed by atoms with van der Waals surface area (Å²) < 4.78 is 17.3. The third-order valence-corrected chi connectivity index (χ3v) is 6.90. The Balaban J connectivity index is 1.33. The number of benzene rings is 1. The molecule has 0 spiro atoms. The van der Waals surface area contributed by atoms with Gasteiger partial charge in [0.05, 0.1) is 0 Å². The Kier molecular flexibility index (Phi) is 12.4. The average molecular weight is 484 g/mol. The van der Waals surface area contributed by atoms with E-state index in [1.165, 1.54) is 56.9 Å². The van der Waals surface area contributed by atoms with Gasteiger partial charge in [-0.25, -0.2) is 0 Å². The summed E-state index contributed by atoms with van der Waals surface area (Å²) in [6.45, 7) is 10.6. The van der Waals surface area contributed by atoms with Crippen molar-refractivity contribution in [2.45, 2.75) is 96.2 Å². The van der Waals surface area contributed by atoms with E-state index in [0.717, 1.165) is 68.9 Å². The van der Waals surface area contributed by atoms with E-state index in [0.29, 0.717) is 13.0 Å². The minimum Gasteiger partial charge on any atom is -0.489 e. The van der Waals surface area contributed by atoms with Crippen LogP contribution in [-0.4, -0.2) is 38.6 Å². The molecule has 2 aliphatic heterocycles. The number of unbranched alkanes of at least 4 members (excludes halogenated alkanes) is 7. The maximum atomic E-state index is 12.7. The highest BCUT2D eigenvalue weighted by Gasteiger charge is 2.25. The van der Waals surface area contributed by atoms with Gasteiger partial charge in [0.25, 0.3) is 0 Å². The highest BCUT2D eigenvalue weighted by Crippen LogP contribution is 2.35. The highest BCUT2D eigenvalue weighted by molar-refractivity contribution is 5.96. The van der Waals surface area contributed by atoms with Crippen molar-refractivity contribution in [2.24, 2.45) is 0 Å². The van der Waals surface area contributed by atoms with Crippen molar-refractivity contribution in [1.82, 2.24) is 0 Å². The Hall–Kier alpha value is -2.11. The van der Waals surface area contributed by atoms with Crippen LogP contribution in [0.2, 0.25) is 0 Å². The van der Waals surface area contributed by atoms with Gasteiger partial charge in [-0.1, -0.05) is 57.3 Å². The molecule has 1 atom stereocenters. The summed E-state index contributed by atoms with van der Waals surface area (Å²) in [4.78, 5) is 14.7. The molecular formula is C30H45NO4. The van der Waals surface area contributed by atoms with E-state index < -0.39 is 0 Å². The Morgan fingerprint density at radius 1 is 0.971 bits per heavy atom. The number of hydrogen-bond acceptors (Lipinski definition) is 4. The van der Waals surface area contributed by atoms with E-state index in [4.69, 9.17) is 14.2 Å². The monoisotopic (exact) mass is 483 g/mol. The van der Waals surface area contributed by atoms with Crippen LogP contribution >= 0.6 is 0 Å². The van der Waals surface area contributed by atoms with Crippen molar-refractivity contribution in [1.29, 1.82) is 0 Å². The number of anilines is 1. The first kappa shape index (κ1) is 27.5. The van der Waals surface area contributed by atoms with E-state index in [-0.39, 0.29) is 12.2 Å². The standard InChI is InChI=1S/C30H45NO4/c1-3-15-26-23-27-25(24-28(26)33-20-4-2)17-18-29(32)31(27)19-12-9-7-5-6-8-10-13-21-34-30-16-11-14-22-35-30/h3-4,23-24,30H,1-2,5-22H2. The first-order valence-corrected chi connectivity index (χ1v) is 13.8. The third-order valence-electron chi connectivity index (χ3n) is 6.90. The maximum absolute atomic E-state index is 12.7. The molecule has 1 aromatic carbocycles. The van der Waals surface area contributed by atoms with Gasteiger partial charge in [-0.2, -0.15) is 0 Å². The SMILES string of the molecule is C=CCOc1cc2c(cc1CC=C)N(CCCCCCCCCCOC1CCCCO1)C(=O)CC2. The number of carbonyl (C=O) groups excluding carboxylic acids is 1. The van der Waals surface area contributed by atoms with Crippen LogP contribution in [0.25, 0.3) is 0 Å². The molecule has 194 valence electrons. The van der Waals surface area contributed by atoms with E-state index in [1.54, 1.807) is 6.08 Å². The molecule has 1 unspecified atom stereocenters. The van der Waals surface area contributed by atoms with E-state index in [2.05, 4.69) is 25.3 Å². The van der Waals surface area contributed by atoms with Crippen LogP contribution in [-0.2, 0) is 27.1 Å². The molecule has 0 radical (unpaired) electrons. The second-order valence-corrected chi connectivity index (χ2v) is 9.72. The first-order chi connectivity index (χ1) is 17.2. The zero-order valence-corrected chi connectivity index (χ0v) is 21.6. The van der Waals surface area contributed by atoms with Gasteiger partial charge in [-0.3, -0.25) is 4.79 Å². The van der Waals surface area contributed by atoms with Crippen LogP contribution < -0.4 is 9.64 Å². The van der Waals surface area contributed by atoms with Crippen LogP contribution in [0.5, 0.6) is 5.75 Å². The quantitative estimate of drug-likeness (QED) is 0.178. The van der Waals surface area contributed by atoms with Crippen molar-refractivity contribution in [3.05, 3.63) is 48.6 Å². The lowest BCUT2D eigenvalue weighted by Crippen LogP contribution is -2.36. The lowest BCUT2D eigenvalue weighted by molar-refractivity contribution is -0.162. The van der Waals surface area contributed by atoms with Crippen LogP contribution in [0, 0.1) is 0 Å². The van der Waals surface area contributed by atoms with Gasteiger partial charge < -0.3 is 19.1 Å². The number of allylic oxidation sites excluding steroid dienone is 1. The molecule has 1 amide bonds. The molecular weight excluding hydrogens is 438 g/mol. The molecule has 5 nitrogen and oxygen atoms in total. The molecule has 1 saturated heterocycles. The zero-order chi connectivity index (χ0) is 24.7. The second-order valence-electron chi connectivity index (χ2n) is 9.72. The minimum atomic E-state index is 0.0451. The van der Waals surface area contributed by atoms with Gasteiger partial charge in [0.1, 0.15) is 12.4 Å². The summed E-state index contributed by atoms with van der Waals surface area (Å²) in [6, 6.07) is 4.25. The summed E-state index contributed by atoms with van der Waals surface area (Å²) in [5.41, 5.74) is 3.34. The number of ether oxygens (including phenoxy) is 3. The fourth-order valence-electron chi connectivity index (χ4n) is 4.95. The van der Waals surface area contributed by atoms with Crippen molar-refractivity contribution in [3.63, 3.8) is 0 Å². The topological polar surface area (TPSA) is 48.0 Å². The van der Waals surface area contributed by atoms with Gasteiger partial charge in [0.2, 0.25) is 5.91 Å².